The van der Waals surface area contributed by atoms with Crippen LogP contribution >= 0.6 is 11.8 Å². The highest BCUT2D eigenvalue weighted by Gasteiger charge is 2.13. The Labute approximate surface area is 109 Å². The molecule has 0 unspecified atom stereocenters. The Balaban J connectivity index is 2.16. The van der Waals surface area contributed by atoms with Gasteiger partial charge in [0.25, 0.3) is 5.89 Å². The number of aromatic hydroxyl groups is 2. The van der Waals surface area contributed by atoms with Crippen molar-refractivity contribution in [2.24, 2.45) is 0 Å². The molecule has 0 aliphatic rings. The third-order valence-electron chi connectivity index (χ3n) is 2.26. The average Bonchev–Trinajstić information content (AvgIpc) is 2.81. The van der Waals surface area contributed by atoms with E-state index >= 15 is 0 Å². The van der Waals surface area contributed by atoms with Crippen LogP contribution in [-0.4, -0.2) is 26.1 Å². The summed E-state index contributed by atoms with van der Waals surface area (Å²) >= 11 is 1.73. The number of hydrogen-bond donors (Lipinski definition) is 2. The normalized spacial score (nSPS) is 10.7. The second-order valence-electron chi connectivity index (χ2n) is 3.77. The van der Waals surface area contributed by atoms with Crippen LogP contribution in [0.25, 0.3) is 11.5 Å². The molecule has 18 heavy (non-hydrogen) atoms. The molecule has 1 aromatic heterocycles. The first-order valence-electron chi connectivity index (χ1n) is 5.63. The number of phenols is 2. The van der Waals surface area contributed by atoms with Crippen molar-refractivity contribution in [3.63, 3.8) is 0 Å². The molecule has 2 N–H and O–H groups in total. The van der Waals surface area contributed by atoms with E-state index < -0.39 is 0 Å². The molecule has 0 bridgehead atoms. The highest BCUT2D eigenvalue weighted by molar-refractivity contribution is 7.98. The second kappa shape index (κ2) is 5.77. The molecule has 0 aliphatic heterocycles. The first-order valence-corrected chi connectivity index (χ1v) is 6.79. The Morgan fingerprint density at radius 3 is 2.94 bits per heavy atom. The van der Waals surface area contributed by atoms with E-state index in [2.05, 4.69) is 17.1 Å². The molecule has 0 saturated carbocycles. The van der Waals surface area contributed by atoms with E-state index in [4.69, 9.17) is 4.52 Å². The van der Waals surface area contributed by atoms with E-state index in [0.29, 0.717) is 17.1 Å². The van der Waals surface area contributed by atoms with Crippen LogP contribution in [0, 0.1) is 0 Å². The minimum Gasteiger partial charge on any atom is -0.508 e. The maximum absolute atomic E-state index is 9.67. The summed E-state index contributed by atoms with van der Waals surface area (Å²) in [4.78, 5) is 4.18. The van der Waals surface area contributed by atoms with Crippen molar-refractivity contribution < 1.29 is 14.7 Å². The first kappa shape index (κ1) is 12.8. The maximum Gasteiger partial charge on any atom is 0.261 e. The van der Waals surface area contributed by atoms with Crippen LogP contribution in [-0.2, 0) is 5.75 Å². The molecule has 1 aromatic carbocycles. The molecular formula is C12H14N2O3S. The summed E-state index contributed by atoms with van der Waals surface area (Å²) in [6.07, 6.45) is 1.10. The summed E-state index contributed by atoms with van der Waals surface area (Å²) in [5, 5.41) is 22.9. The molecule has 0 amide bonds. The minimum atomic E-state index is 0.00390. The Morgan fingerprint density at radius 2 is 2.17 bits per heavy atom. The van der Waals surface area contributed by atoms with E-state index in [1.165, 1.54) is 18.2 Å². The molecule has 0 fully saturated rings. The van der Waals surface area contributed by atoms with Gasteiger partial charge in [0.15, 0.2) is 5.82 Å². The van der Waals surface area contributed by atoms with Gasteiger partial charge in [-0.25, -0.2) is 0 Å². The van der Waals surface area contributed by atoms with Crippen molar-refractivity contribution in [2.75, 3.05) is 5.75 Å². The Bertz CT molecular complexity index is 528. The molecule has 0 aliphatic carbocycles. The topological polar surface area (TPSA) is 79.4 Å². The van der Waals surface area contributed by atoms with Gasteiger partial charge in [-0.3, -0.25) is 0 Å². The zero-order valence-electron chi connectivity index (χ0n) is 9.96. The lowest BCUT2D eigenvalue weighted by molar-refractivity contribution is 0.418. The molecule has 1 heterocycles. The van der Waals surface area contributed by atoms with Crippen LogP contribution in [0.3, 0.4) is 0 Å². The summed E-state index contributed by atoms with van der Waals surface area (Å²) in [5.41, 5.74) is 0.342. The number of benzene rings is 1. The summed E-state index contributed by atoms with van der Waals surface area (Å²) in [6.45, 7) is 2.11. The molecule has 0 spiro atoms. The Kier molecular flexibility index (Phi) is 4.09. The van der Waals surface area contributed by atoms with Crippen molar-refractivity contribution in [1.82, 2.24) is 10.1 Å². The summed E-state index contributed by atoms with van der Waals surface area (Å²) < 4.78 is 5.07. The van der Waals surface area contributed by atoms with Crippen molar-refractivity contribution in [3.05, 3.63) is 24.0 Å². The summed E-state index contributed by atoms with van der Waals surface area (Å²) in [5.74, 6) is 2.58. The molecule has 2 rings (SSSR count). The number of rotatable bonds is 5. The first-order chi connectivity index (χ1) is 8.70. The van der Waals surface area contributed by atoms with Gasteiger partial charge in [0, 0.05) is 0 Å². The monoisotopic (exact) mass is 266 g/mol. The highest BCUT2D eigenvalue weighted by Crippen LogP contribution is 2.31. The largest absolute Gasteiger partial charge is 0.508 e. The molecule has 6 heteroatoms. The molecule has 0 radical (unpaired) electrons. The summed E-state index contributed by atoms with van der Waals surface area (Å²) in [7, 11) is 0. The fraction of sp³-hybridized carbons (Fsp3) is 0.333. The number of phenolic OH excluding ortho intramolecular Hbond substituents is 2. The van der Waals surface area contributed by atoms with Crippen LogP contribution in [0.15, 0.2) is 22.7 Å². The van der Waals surface area contributed by atoms with E-state index in [1.54, 1.807) is 11.8 Å². The number of thioether (sulfide) groups is 1. The fourth-order valence-corrected chi connectivity index (χ4v) is 2.16. The standard InChI is InChI=1S/C12H14N2O3S/c1-2-5-18-7-11-13-12(17-14-11)9-6-8(15)3-4-10(9)16/h3-4,6,15-16H,2,5,7H2,1H3. The zero-order chi connectivity index (χ0) is 13.0. The van der Waals surface area contributed by atoms with Crippen LogP contribution in [0.1, 0.15) is 19.2 Å². The third-order valence-corrected chi connectivity index (χ3v) is 3.42. The molecule has 96 valence electrons. The summed E-state index contributed by atoms with van der Waals surface area (Å²) in [6, 6.07) is 4.18. The predicted molar refractivity (Wildman–Crippen MR) is 69.5 cm³/mol. The van der Waals surface area contributed by atoms with Crippen molar-refractivity contribution in [1.29, 1.82) is 0 Å². The quantitative estimate of drug-likeness (QED) is 0.640. The van der Waals surface area contributed by atoms with Gasteiger partial charge in [0.1, 0.15) is 11.5 Å². The van der Waals surface area contributed by atoms with Gasteiger partial charge in [0.2, 0.25) is 0 Å². The Morgan fingerprint density at radius 1 is 1.33 bits per heavy atom. The minimum absolute atomic E-state index is 0.00390. The van der Waals surface area contributed by atoms with Crippen molar-refractivity contribution >= 4 is 11.8 Å². The number of nitrogens with zero attached hydrogens (tertiary/aromatic N) is 2. The maximum atomic E-state index is 9.67. The molecule has 0 atom stereocenters. The van der Waals surface area contributed by atoms with Gasteiger partial charge in [-0.15, -0.1) is 0 Å². The highest BCUT2D eigenvalue weighted by atomic mass is 32.2. The third kappa shape index (κ3) is 2.95. The zero-order valence-corrected chi connectivity index (χ0v) is 10.8. The SMILES string of the molecule is CCCSCc1noc(-c2cc(O)ccc2O)n1. The number of aromatic nitrogens is 2. The van der Waals surface area contributed by atoms with E-state index in [9.17, 15) is 10.2 Å². The lowest BCUT2D eigenvalue weighted by atomic mass is 10.2. The van der Waals surface area contributed by atoms with E-state index in [1.807, 2.05) is 0 Å². The second-order valence-corrected chi connectivity index (χ2v) is 4.87. The van der Waals surface area contributed by atoms with E-state index in [0.717, 1.165) is 12.2 Å². The van der Waals surface area contributed by atoms with Crippen LogP contribution < -0.4 is 0 Å². The van der Waals surface area contributed by atoms with Gasteiger partial charge in [-0.1, -0.05) is 12.1 Å². The molecular weight excluding hydrogens is 252 g/mol. The average molecular weight is 266 g/mol. The van der Waals surface area contributed by atoms with Crippen LogP contribution in [0.5, 0.6) is 11.5 Å². The van der Waals surface area contributed by atoms with Gasteiger partial charge in [-0.05, 0) is 30.4 Å². The van der Waals surface area contributed by atoms with Gasteiger partial charge in [0.05, 0.1) is 11.3 Å². The molecule has 0 saturated heterocycles. The van der Waals surface area contributed by atoms with Gasteiger partial charge in [-0.2, -0.15) is 16.7 Å². The smallest absolute Gasteiger partial charge is 0.261 e. The predicted octanol–water partition coefficient (Wildman–Crippen LogP) is 2.79. The van der Waals surface area contributed by atoms with Crippen LogP contribution in [0.4, 0.5) is 0 Å². The van der Waals surface area contributed by atoms with Crippen molar-refractivity contribution in [2.45, 2.75) is 19.1 Å². The van der Waals surface area contributed by atoms with Crippen LogP contribution in [0.2, 0.25) is 0 Å². The Hall–Kier alpha value is -1.69. The lowest BCUT2D eigenvalue weighted by Gasteiger charge is -1.99. The fourth-order valence-electron chi connectivity index (χ4n) is 1.43. The van der Waals surface area contributed by atoms with E-state index in [-0.39, 0.29) is 17.4 Å². The van der Waals surface area contributed by atoms with Gasteiger partial charge < -0.3 is 14.7 Å². The number of hydrogen-bond acceptors (Lipinski definition) is 6. The van der Waals surface area contributed by atoms with Gasteiger partial charge >= 0.3 is 0 Å². The van der Waals surface area contributed by atoms with Crippen molar-refractivity contribution in [3.8, 4) is 23.0 Å². The molecule has 5 nitrogen and oxygen atoms in total. The lowest BCUT2D eigenvalue weighted by Crippen LogP contribution is -1.85. The molecule has 2 aromatic rings.